The Labute approximate surface area is 160 Å². The van der Waals surface area contributed by atoms with Crippen LogP contribution in [-0.4, -0.2) is 8.42 Å². The van der Waals surface area contributed by atoms with E-state index < -0.39 is 10.1 Å². The number of rotatable bonds is 6. The molecule has 0 aliphatic heterocycles. The largest absolute Gasteiger partial charge is 0.489 e. The van der Waals surface area contributed by atoms with Crippen molar-refractivity contribution in [1.82, 2.24) is 0 Å². The van der Waals surface area contributed by atoms with Crippen molar-refractivity contribution in [3.8, 4) is 11.5 Å². The van der Waals surface area contributed by atoms with E-state index in [1.807, 2.05) is 44.2 Å². The normalized spacial score (nSPS) is 11.2. The van der Waals surface area contributed by atoms with E-state index in [0.717, 1.165) is 16.7 Å². The lowest BCUT2D eigenvalue weighted by molar-refractivity contribution is 0.306. The van der Waals surface area contributed by atoms with Crippen molar-refractivity contribution in [1.29, 1.82) is 0 Å². The highest BCUT2D eigenvalue weighted by atomic mass is 32.2. The van der Waals surface area contributed by atoms with Crippen LogP contribution in [0.2, 0.25) is 0 Å². The third-order valence-electron chi connectivity index (χ3n) is 4.56. The highest BCUT2D eigenvalue weighted by Crippen LogP contribution is 2.26. The van der Waals surface area contributed by atoms with Crippen molar-refractivity contribution in [3.63, 3.8) is 0 Å². The van der Waals surface area contributed by atoms with Crippen molar-refractivity contribution in [2.75, 3.05) is 0 Å². The zero-order valence-electron chi connectivity index (χ0n) is 15.6. The molecule has 3 rings (SSSR count). The van der Waals surface area contributed by atoms with Crippen molar-refractivity contribution in [3.05, 3.63) is 89.0 Å². The van der Waals surface area contributed by atoms with Crippen LogP contribution in [-0.2, 0) is 16.7 Å². The molecule has 4 nitrogen and oxygen atoms in total. The molecule has 0 aliphatic rings. The maximum absolute atomic E-state index is 12.6. The minimum absolute atomic E-state index is 0.190. The van der Waals surface area contributed by atoms with E-state index in [4.69, 9.17) is 8.92 Å². The van der Waals surface area contributed by atoms with Gasteiger partial charge in [0.25, 0.3) is 0 Å². The second kappa shape index (κ2) is 7.84. The summed E-state index contributed by atoms with van der Waals surface area (Å²) in [4.78, 5) is 0.190. The van der Waals surface area contributed by atoms with E-state index in [9.17, 15) is 8.42 Å². The predicted octanol–water partition coefficient (Wildman–Crippen LogP) is 4.96. The number of benzene rings is 3. The maximum atomic E-state index is 12.6. The van der Waals surface area contributed by atoms with Gasteiger partial charge in [0.1, 0.15) is 23.0 Å². The van der Waals surface area contributed by atoms with E-state index in [0.29, 0.717) is 17.9 Å². The third-order valence-corrected chi connectivity index (χ3v) is 5.95. The first-order chi connectivity index (χ1) is 12.9. The SMILES string of the molecule is Cc1ccc(S(=O)(=O)Oc2ccc(OCc3ccccc3)cc2)c(C)c1C. The fourth-order valence-corrected chi connectivity index (χ4v) is 3.92. The van der Waals surface area contributed by atoms with E-state index >= 15 is 0 Å². The first-order valence-electron chi connectivity index (χ1n) is 8.65. The Morgan fingerprint density at radius 2 is 1.37 bits per heavy atom. The zero-order chi connectivity index (χ0) is 19.4. The molecule has 0 fully saturated rings. The third kappa shape index (κ3) is 4.49. The number of ether oxygens (including phenoxy) is 1. The summed E-state index contributed by atoms with van der Waals surface area (Å²) in [6, 6.07) is 19.8. The molecular weight excluding hydrogens is 360 g/mol. The second-order valence-electron chi connectivity index (χ2n) is 6.41. The molecule has 3 aromatic rings. The van der Waals surface area contributed by atoms with Gasteiger partial charge in [-0.2, -0.15) is 8.42 Å². The molecule has 0 saturated heterocycles. The summed E-state index contributed by atoms with van der Waals surface area (Å²) in [5.41, 5.74) is 3.76. The lowest BCUT2D eigenvalue weighted by Gasteiger charge is -2.13. The van der Waals surface area contributed by atoms with Crippen LogP contribution in [0, 0.1) is 20.8 Å². The van der Waals surface area contributed by atoms with Gasteiger partial charge in [0, 0.05) is 0 Å². The molecule has 5 heteroatoms. The minimum atomic E-state index is -3.89. The zero-order valence-corrected chi connectivity index (χ0v) is 16.4. The van der Waals surface area contributed by atoms with Gasteiger partial charge in [-0.25, -0.2) is 0 Å². The smallest absolute Gasteiger partial charge is 0.339 e. The predicted molar refractivity (Wildman–Crippen MR) is 106 cm³/mol. The highest BCUT2D eigenvalue weighted by molar-refractivity contribution is 7.87. The molecule has 27 heavy (non-hydrogen) atoms. The van der Waals surface area contributed by atoms with Gasteiger partial charge in [-0.15, -0.1) is 0 Å². The number of hydrogen-bond donors (Lipinski definition) is 0. The van der Waals surface area contributed by atoms with E-state index in [1.54, 1.807) is 43.3 Å². The van der Waals surface area contributed by atoms with Crippen molar-refractivity contribution < 1.29 is 17.3 Å². The van der Waals surface area contributed by atoms with E-state index in [-0.39, 0.29) is 10.6 Å². The molecule has 140 valence electrons. The molecule has 0 spiro atoms. The molecule has 0 heterocycles. The van der Waals surface area contributed by atoms with Gasteiger partial charge in [0.2, 0.25) is 0 Å². The van der Waals surface area contributed by atoms with E-state index in [2.05, 4.69) is 0 Å². The molecular formula is C22H22O4S. The van der Waals surface area contributed by atoms with Gasteiger partial charge in [0.05, 0.1) is 0 Å². The standard InChI is InChI=1S/C22H22O4S/c1-16-9-14-22(18(3)17(16)2)27(23,24)26-21-12-10-20(11-13-21)25-15-19-7-5-4-6-8-19/h4-14H,15H2,1-3H3. The van der Waals surface area contributed by atoms with Crippen LogP contribution in [0.5, 0.6) is 11.5 Å². The molecule has 0 amide bonds. The van der Waals surface area contributed by atoms with Crippen LogP contribution < -0.4 is 8.92 Å². The van der Waals surface area contributed by atoms with Crippen molar-refractivity contribution in [2.45, 2.75) is 32.3 Å². The van der Waals surface area contributed by atoms with E-state index in [1.165, 1.54) is 0 Å². The fraction of sp³-hybridized carbons (Fsp3) is 0.182. The van der Waals surface area contributed by atoms with Gasteiger partial charge in [0.15, 0.2) is 0 Å². The maximum Gasteiger partial charge on any atom is 0.339 e. The quantitative estimate of drug-likeness (QED) is 0.566. The molecule has 0 N–H and O–H groups in total. The van der Waals surface area contributed by atoms with Gasteiger partial charge in [-0.05, 0) is 73.4 Å². The minimum Gasteiger partial charge on any atom is -0.489 e. The summed E-state index contributed by atoms with van der Waals surface area (Å²) in [5.74, 6) is 0.894. The van der Waals surface area contributed by atoms with Gasteiger partial charge >= 0.3 is 10.1 Å². The topological polar surface area (TPSA) is 52.6 Å². The molecule has 0 radical (unpaired) electrons. The lowest BCUT2D eigenvalue weighted by atomic mass is 10.1. The Hall–Kier alpha value is -2.79. The second-order valence-corrected chi connectivity index (χ2v) is 7.93. The average molecular weight is 382 g/mol. The van der Waals surface area contributed by atoms with Crippen LogP contribution in [0.4, 0.5) is 0 Å². The average Bonchev–Trinajstić information content (AvgIpc) is 2.66. The van der Waals surface area contributed by atoms with Crippen LogP contribution in [0.1, 0.15) is 22.3 Å². The molecule has 0 saturated carbocycles. The van der Waals surface area contributed by atoms with Gasteiger partial charge in [-0.1, -0.05) is 36.4 Å². The first-order valence-corrected chi connectivity index (χ1v) is 10.1. The molecule has 0 bridgehead atoms. The molecule has 0 atom stereocenters. The van der Waals surface area contributed by atoms with Crippen molar-refractivity contribution >= 4 is 10.1 Å². The molecule has 0 aromatic heterocycles. The first kappa shape index (κ1) is 19.0. The van der Waals surface area contributed by atoms with Crippen molar-refractivity contribution in [2.24, 2.45) is 0 Å². The summed E-state index contributed by atoms with van der Waals surface area (Å²) >= 11 is 0. The van der Waals surface area contributed by atoms with Gasteiger partial charge in [-0.3, -0.25) is 0 Å². The Bertz CT molecular complexity index is 1020. The molecule has 0 unspecified atom stereocenters. The highest BCUT2D eigenvalue weighted by Gasteiger charge is 2.20. The van der Waals surface area contributed by atoms with Crippen LogP contribution in [0.25, 0.3) is 0 Å². The summed E-state index contributed by atoms with van der Waals surface area (Å²) < 4.78 is 36.3. The van der Waals surface area contributed by atoms with Crippen LogP contribution in [0.15, 0.2) is 71.6 Å². The summed E-state index contributed by atoms with van der Waals surface area (Å²) in [7, 11) is -3.89. The Kier molecular flexibility index (Phi) is 5.51. The Morgan fingerprint density at radius 1 is 0.741 bits per heavy atom. The Balaban J connectivity index is 1.71. The Morgan fingerprint density at radius 3 is 2.04 bits per heavy atom. The summed E-state index contributed by atoms with van der Waals surface area (Å²) in [5, 5.41) is 0. The summed E-state index contributed by atoms with van der Waals surface area (Å²) in [6.45, 7) is 6.09. The van der Waals surface area contributed by atoms with Crippen LogP contribution >= 0.6 is 0 Å². The summed E-state index contributed by atoms with van der Waals surface area (Å²) in [6.07, 6.45) is 0. The lowest BCUT2D eigenvalue weighted by Crippen LogP contribution is -2.12. The fourth-order valence-electron chi connectivity index (χ4n) is 2.71. The number of aryl methyl sites for hydroxylation is 1. The van der Waals surface area contributed by atoms with Crippen LogP contribution in [0.3, 0.4) is 0 Å². The molecule has 3 aromatic carbocycles. The monoisotopic (exact) mass is 382 g/mol. The van der Waals surface area contributed by atoms with Gasteiger partial charge < -0.3 is 8.92 Å². The number of hydrogen-bond acceptors (Lipinski definition) is 4. The molecule has 0 aliphatic carbocycles.